The molecule has 0 aromatic carbocycles. The van der Waals surface area contributed by atoms with E-state index in [0.717, 1.165) is 12.8 Å². The smallest absolute Gasteiger partial charge is 0.330 e. The Balaban J connectivity index is -0.000000495. The van der Waals surface area contributed by atoms with Crippen molar-refractivity contribution < 1.29 is 30.0 Å². The Bertz CT molecular complexity index is 367. The third kappa shape index (κ3) is 37.1. The van der Waals surface area contributed by atoms with Gasteiger partial charge in [-0.3, -0.25) is 0 Å². The van der Waals surface area contributed by atoms with Crippen LogP contribution in [-0.4, -0.2) is 45.6 Å². The van der Waals surface area contributed by atoms with Crippen molar-refractivity contribution in [2.45, 2.75) is 104 Å². The predicted molar refractivity (Wildman–Crippen MR) is 124 cm³/mol. The minimum absolute atomic E-state index is 0.176. The van der Waals surface area contributed by atoms with Crippen LogP contribution in [0.1, 0.15) is 104 Å². The molecule has 0 bridgehead atoms. The Morgan fingerprint density at radius 3 is 0.733 bits per heavy atom. The summed E-state index contributed by atoms with van der Waals surface area (Å²) in [5.41, 5.74) is 0.352. The minimum atomic E-state index is -0.935. The third-order valence-corrected chi connectivity index (χ3v) is 4.30. The molecule has 0 heterocycles. The number of unbranched alkanes of at least 4 members (excludes halogenated alkanes) is 13. The van der Waals surface area contributed by atoms with E-state index in [4.69, 9.17) is 20.4 Å². The molecule has 0 saturated carbocycles. The van der Waals surface area contributed by atoms with Crippen LogP contribution in [-0.2, 0) is 9.59 Å². The highest BCUT2D eigenvalue weighted by Crippen LogP contribution is 2.12. The second-order valence-corrected chi connectivity index (χ2v) is 7.57. The topological polar surface area (TPSA) is 115 Å². The second kappa shape index (κ2) is 27.3. The van der Waals surface area contributed by atoms with E-state index in [1.165, 1.54) is 90.9 Å². The standard InChI is InChI=1S/C16H34O2.2C4H6O2/c17-15-13-11-9-7-5-3-1-2-4-6-8-10-12-14-16-18;2*1-3(2)4(5)6/h17-18H,1-16H2;2*1H2,2H3,(H,5,6). The Labute approximate surface area is 183 Å². The summed E-state index contributed by atoms with van der Waals surface area (Å²) in [6.45, 7) is 9.92. The molecule has 0 aliphatic heterocycles. The number of aliphatic carboxylic acids is 2. The van der Waals surface area contributed by atoms with E-state index < -0.39 is 11.9 Å². The maximum atomic E-state index is 9.60. The van der Waals surface area contributed by atoms with Crippen LogP contribution in [0.5, 0.6) is 0 Å². The van der Waals surface area contributed by atoms with Crippen LogP contribution < -0.4 is 0 Å². The number of aliphatic hydroxyl groups excluding tert-OH is 2. The summed E-state index contributed by atoms with van der Waals surface area (Å²) in [5.74, 6) is -1.87. The Kier molecular flexibility index (Phi) is 30.1. The molecule has 0 radical (unpaired) electrons. The Morgan fingerprint density at radius 2 is 0.633 bits per heavy atom. The van der Waals surface area contributed by atoms with Crippen LogP contribution in [0.4, 0.5) is 0 Å². The van der Waals surface area contributed by atoms with Gasteiger partial charge in [-0.1, -0.05) is 90.2 Å². The zero-order valence-electron chi connectivity index (χ0n) is 19.3. The van der Waals surface area contributed by atoms with Crippen molar-refractivity contribution in [1.82, 2.24) is 0 Å². The quantitative estimate of drug-likeness (QED) is 0.173. The van der Waals surface area contributed by atoms with Crippen LogP contribution in [0.2, 0.25) is 0 Å². The number of rotatable bonds is 17. The van der Waals surface area contributed by atoms with Crippen LogP contribution in [0, 0.1) is 0 Å². The van der Waals surface area contributed by atoms with Gasteiger partial charge >= 0.3 is 11.9 Å². The molecule has 6 nitrogen and oxygen atoms in total. The fourth-order valence-electron chi connectivity index (χ4n) is 2.34. The predicted octanol–water partition coefficient (Wildman–Crippen LogP) is 5.73. The summed E-state index contributed by atoms with van der Waals surface area (Å²) in [6.07, 6.45) is 18.0. The molecule has 0 aromatic heterocycles. The van der Waals surface area contributed by atoms with Gasteiger partial charge in [0.25, 0.3) is 0 Å². The summed E-state index contributed by atoms with van der Waals surface area (Å²) < 4.78 is 0. The first-order chi connectivity index (χ1) is 14.2. The summed E-state index contributed by atoms with van der Waals surface area (Å²) in [5, 5.41) is 33.1. The van der Waals surface area contributed by atoms with Gasteiger partial charge in [0.1, 0.15) is 0 Å². The minimum Gasteiger partial charge on any atom is -0.478 e. The Hall–Kier alpha value is -1.66. The monoisotopic (exact) mass is 430 g/mol. The lowest BCUT2D eigenvalue weighted by molar-refractivity contribution is -0.133. The molecule has 178 valence electrons. The van der Waals surface area contributed by atoms with Crippen LogP contribution in [0.3, 0.4) is 0 Å². The van der Waals surface area contributed by atoms with E-state index >= 15 is 0 Å². The summed E-state index contributed by atoms with van der Waals surface area (Å²) in [7, 11) is 0. The number of carboxylic acids is 2. The fraction of sp³-hybridized carbons (Fsp3) is 0.750. The van der Waals surface area contributed by atoms with Gasteiger partial charge in [-0.25, -0.2) is 9.59 Å². The first-order valence-electron chi connectivity index (χ1n) is 11.2. The van der Waals surface area contributed by atoms with E-state index in [9.17, 15) is 9.59 Å². The lowest BCUT2D eigenvalue weighted by Crippen LogP contribution is -1.92. The molecule has 0 atom stereocenters. The van der Waals surface area contributed by atoms with Crippen molar-refractivity contribution >= 4 is 11.9 Å². The molecule has 0 aliphatic carbocycles. The van der Waals surface area contributed by atoms with Crippen molar-refractivity contribution in [2.24, 2.45) is 0 Å². The van der Waals surface area contributed by atoms with Gasteiger partial charge in [-0.2, -0.15) is 0 Å². The number of hydrogen-bond acceptors (Lipinski definition) is 4. The van der Waals surface area contributed by atoms with Gasteiger partial charge < -0.3 is 20.4 Å². The maximum Gasteiger partial charge on any atom is 0.330 e. The van der Waals surface area contributed by atoms with E-state index in [2.05, 4.69) is 13.2 Å². The third-order valence-electron chi connectivity index (χ3n) is 4.30. The van der Waals surface area contributed by atoms with Crippen molar-refractivity contribution in [1.29, 1.82) is 0 Å². The zero-order valence-corrected chi connectivity index (χ0v) is 19.3. The van der Waals surface area contributed by atoms with E-state index in [1.54, 1.807) is 0 Å². The molecule has 6 heteroatoms. The van der Waals surface area contributed by atoms with Gasteiger partial charge in [0, 0.05) is 24.4 Å². The van der Waals surface area contributed by atoms with Crippen molar-refractivity contribution in [3.05, 3.63) is 24.3 Å². The van der Waals surface area contributed by atoms with Gasteiger partial charge in [0.2, 0.25) is 0 Å². The second-order valence-electron chi connectivity index (χ2n) is 7.57. The molecule has 0 saturated heterocycles. The molecule has 0 aromatic rings. The van der Waals surface area contributed by atoms with Crippen LogP contribution in [0.15, 0.2) is 24.3 Å². The summed E-state index contributed by atoms with van der Waals surface area (Å²) in [4.78, 5) is 19.2. The van der Waals surface area contributed by atoms with Gasteiger partial charge in [0.15, 0.2) is 0 Å². The van der Waals surface area contributed by atoms with Crippen molar-refractivity contribution in [2.75, 3.05) is 13.2 Å². The highest BCUT2D eigenvalue weighted by Gasteiger charge is 1.94. The van der Waals surface area contributed by atoms with E-state index in [0.29, 0.717) is 13.2 Å². The SMILES string of the molecule is C=C(C)C(=O)O.C=C(C)C(=O)O.OCCCCCCCCCCCCCCCCO. The molecule has 0 unspecified atom stereocenters. The van der Waals surface area contributed by atoms with Crippen molar-refractivity contribution in [3.63, 3.8) is 0 Å². The molecule has 30 heavy (non-hydrogen) atoms. The zero-order chi connectivity index (χ0) is 23.6. The molecular formula is C24H46O6. The number of carbonyl (C=O) groups is 2. The van der Waals surface area contributed by atoms with Crippen molar-refractivity contribution in [3.8, 4) is 0 Å². The molecular weight excluding hydrogens is 384 g/mol. The molecule has 0 fully saturated rings. The lowest BCUT2D eigenvalue weighted by Gasteiger charge is -2.02. The number of carboxylic acid groups (broad SMARTS) is 2. The average molecular weight is 431 g/mol. The Morgan fingerprint density at radius 1 is 0.500 bits per heavy atom. The summed E-state index contributed by atoms with van der Waals surface area (Å²) in [6, 6.07) is 0. The van der Waals surface area contributed by atoms with Gasteiger partial charge in [-0.05, 0) is 26.7 Å². The summed E-state index contributed by atoms with van der Waals surface area (Å²) >= 11 is 0. The van der Waals surface area contributed by atoms with Gasteiger partial charge in [-0.15, -0.1) is 0 Å². The molecule has 4 N–H and O–H groups in total. The normalized spacial score (nSPS) is 9.60. The van der Waals surface area contributed by atoms with Crippen LogP contribution in [0.25, 0.3) is 0 Å². The molecule has 0 spiro atoms. The molecule has 0 amide bonds. The number of hydrogen-bond donors (Lipinski definition) is 4. The largest absolute Gasteiger partial charge is 0.478 e. The number of aliphatic hydroxyl groups is 2. The van der Waals surface area contributed by atoms with E-state index in [1.807, 2.05) is 0 Å². The first kappa shape index (κ1) is 33.0. The first-order valence-corrected chi connectivity index (χ1v) is 11.2. The molecule has 0 rings (SSSR count). The average Bonchev–Trinajstić information content (AvgIpc) is 2.69. The highest BCUT2D eigenvalue weighted by atomic mass is 16.4. The van der Waals surface area contributed by atoms with Crippen LogP contribution >= 0.6 is 0 Å². The fourth-order valence-corrected chi connectivity index (χ4v) is 2.34. The van der Waals surface area contributed by atoms with Gasteiger partial charge in [0.05, 0.1) is 0 Å². The molecule has 0 aliphatic rings. The highest BCUT2D eigenvalue weighted by molar-refractivity contribution is 5.85. The lowest BCUT2D eigenvalue weighted by atomic mass is 10.0. The van der Waals surface area contributed by atoms with E-state index in [-0.39, 0.29) is 11.1 Å². The maximum absolute atomic E-state index is 9.60.